The Kier molecular flexibility index (Phi) is 10.3. The second-order valence-corrected chi connectivity index (χ2v) is 12.0. The van der Waals surface area contributed by atoms with Crippen molar-refractivity contribution in [1.82, 2.24) is 20.0 Å². The predicted molar refractivity (Wildman–Crippen MR) is 172 cm³/mol. The predicted octanol–water partition coefficient (Wildman–Crippen LogP) is 4.98. The van der Waals surface area contributed by atoms with E-state index in [1.54, 1.807) is 6.07 Å². The smallest absolute Gasteiger partial charge is 0.407 e. The van der Waals surface area contributed by atoms with Crippen LogP contribution in [0, 0.1) is 13.8 Å². The summed E-state index contributed by atoms with van der Waals surface area (Å²) in [5, 5.41) is 13.1. The number of nitrogens with one attached hydrogen (secondary N) is 1. The monoisotopic (exact) mass is 610 g/mol. The standard InChI is InChI=1S/C22H24N2O4.C14H18N2O/c1-16-7-5-6-10-18(16)21(26)19-11-12-20(25)24(19)14-13-23(22(27)28)15-17-8-3-2-4-9-17;1-10-4-2-3-5-11(10)14-12-6-7-13(17)16(12)9-8-15-14/h2-10,19H,11-15H2,1H3,(H,27,28);2-5,12,14-15H,6-9H2,1H3. The largest absolute Gasteiger partial charge is 0.465 e. The molecule has 3 aliphatic heterocycles. The molecule has 3 atom stereocenters. The van der Waals surface area contributed by atoms with Crippen LogP contribution in [0.1, 0.15) is 64.3 Å². The van der Waals surface area contributed by atoms with Gasteiger partial charge in [0.25, 0.3) is 0 Å². The summed E-state index contributed by atoms with van der Waals surface area (Å²) < 4.78 is 0. The molecule has 0 spiro atoms. The Morgan fingerprint density at radius 2 is 1.53 bits per heavy atom. The highest BCUT2D eigenvalue weighted by Crippen LogP contribution is 2.33. The number of aryl methyl sites for hydroxylation is 2. The molecule has 9 nitrogen and oxygen atoms in total. The number of hydrogen-bond acceptors (Lipinski definition) is 5. The zero-order valence-electron chi connectivity index (χ0n) is 26.0. The lowest BCUT2D eigenvalue weighted by atomic mass is 9.92. The van der Waals surface area contributed by atoms with Gasteiger partial charge in [-0.05, 0) is 48.9 Å². The van der Waals surface area contributed by atoms with E-state index in [1.807, 2.05) is 55.5 Å². The van der Waals surface area contributed by atoms with Crippen molar-refractivity contribution in [3.8, 4) is 0 Å². The molecule has 6 rings (SSSR count). The summed E-state index contributed by atoms with van der Waals surface area (Å²) in [6, 6.07) is 25.3. The number of carbonyl (C=O) groups excluding carboxylic acids is 3. The van der Waals surface area contributed by atoms with Crippen LogP contribution in [0.5, 0.6) is 0 Å². The van der Waals surface area contributed by atoms with E-state index in [2.05, 4.69) is 41.4 Å². The first-order valence-electron chi connectivity index (χ1n) is 15.7. The van der Waals surface area contributed by atoms with E-state index >= 15 is 0 Å². The van der Waals surface area contributed by atoms with Crippen LogP contribution < -0.4 is 5.32 Å². The highest BCUT2D eigenvalue weighted by atomic mass is 16.4. The van der Waals surface area contributed by atoms with Gasteiger partial charge in [-0.3, -0.25) is 14.4 Å². The molecule has 0 saturated carbocycles. The summed E-state index contributed by atoms with van der Waals surface area (Å²) in [6.07, 6.45) is 1.45. The first-order valence-corrected chi connectivity index (χ1v) is 15.7. The molecule has 3 heterocycles. The molecular formula is C36H42N4O5. The van der Waals surface area contributed by atoms with E-state index in [4.69, 9.17) is 0 Å². The number of piperazine rings is 1. The topological polar surface area (TPSA) is 110 Å². The minimum absolute atomic E-state index is 0.0751. The second kappa shape index (κ2) is 14.5. The number of hydrogen-bond donors (Lipinski definition) is 2. The van der Waals surface area contributed by atoms with Crippen LogP contribution in [-0.4, -0.2) is 81.8 Å². The zero-order valence-corrected chi connectivity index (χ0v) is 26.0. The van der Waals surface area contributed by atoms with E-state index in [0.29, 0.717) is 42.8 Å². The number of rotatable bonds is 8. The number of ketones is 1. The van der Waals surface area contributed by atoms with Crippen molar-refractivity contribution in [3.05, 3.63) is 107 Å². The molecule has 3 amide bonds. The lowest BCUT2D eigenvalue weighted by Gasteiger charge is -2.38. The third-order valence-corrected chi connectivity index (χ3v) is 9.14. The summed E-state index contributed by atoms with van der Waals surface area (Å²) in [7, 11) is 0. The minimum atomic E-state index is -1.04. The van der Waals surface area contributed by atoms with Gasteiger partial charge in [-0.1, -0.05) is 78.9 Å². The normalized spacial score (nSPS) is 20.8. The number of fused-ring (bicyclic) bond motifs is 1. The van der Waals surface area contributed by atoms with E-state index < -0.39 is 12.1 Å². The van der Waals surface area contributed by atoms with Gasteiger partial charge in [0.2, 0.25) is 11.8 Å². The molecule has 3 aromatic rings. The van der Waals surface area contributed by atoms with E-state index in [0.717, 1.165) is 30.6 Å². The highest BCUT2D eigenvalue weighted by Gasteiger charge is 2.40. The molecule has 3 aromatic carbocycles. The van der Waals surface area contributed by atoms with Gasteiger partial charge in [0.05, 0.1) is 18.1 Å². The Balaban J connectivity index is 0.000000200. The third kappa shape index (κ3) is 7.42. The number of likely N-dealkylation sites (tertiary alicyclic amines) is 1. The van der Waals surface area contributed by atoms with Gasteiger partial charge in [0.15, 0.2) is 5.78 Å². The second-order valence-electron chi connectivity index (χ2n) is 12.0. The van der Waals surface area contributed by atoms with Crippen LogP contribution in [0.3, 0.4) is 0 Å². The maximum absolute atomic E-state index is 13.0. The highest BCUT2D eigenvalue weighted by molar-refractivity contribution is 6.04. The molecule has 2 N–H and O–H groups in total. The molecule has 0 aromatic heterocycles. The van der Waals surface area contributed by atoms with Crippen LogP contribution in [0.2, 0.25) is 0 Å². The SMILES string of the molecule is Cc1ccccc1C(=O)C1CCC(=O)N1CCN(Cc1ccccc1)C(=O)O.Cc1ccccc1C1NCCN2C(=O)CCC12. The molecule has 0 radical (unpaired) electrons. The van der Waals surface area contributed by atoms with Crippen LogP contribution in [0.4, 0.5) is 4.79 Å². The fourth-order valence-corrected chi connectivity index (χ4v) is 6.71. The van der Waals surface area contributed by atoms with Crippen molar-refractivity contribution in [3.63, 3.8) is 0 Å². The Bertz CT molecular complexity index is 1530. The molecule has 9 heteroatoms. The average molecular weight is 611 g/mol. The van der Waals surface area contributed by atoms with Crippen molar-refractivity contribution in [2.45, 2.75) is 64.2 Å². The first-order chi connectivity index (χ1) is 21.7. The summed E-state index contributed by atoms with van der Waals surface area (Å²) in [4.78, 5) is 53.6. The van der Waals surface area contributed by atoms with E-state index in [1.165, 1.54) is 20.9 Å². The molecule has 236 valence electrons. The number of carbonyl (C=O) groups is 4. The van der Waals surface area contributed by atoms with Crippen molar-refractivity contribution >= 4 is 23.7 Å². The van der Waals surface area contributed by atoms with Gasteiger partial charge in [-0.2, -0.15) is 0 Å². The Hall–Kier alpha value is -4.50. The molecule has 3 unspecified atom stereocenters. The van der Waals surface area contributed by atoms with Crippen molar-refractivity contribution in [2.75, 3.05) is 26.2 Å². The summed E-state index contributed by atoms with van der Waals surface area (Å²) in [5.41, 5.74) is 5.03. The number of nitrogens with zero attached hydrogens (tertiary/aromatic N) is 3. The van der Waals surface area contributed by atoms with Crippen LogP contribution in [0.15, 0.2) is 78.9 Å². The first kappa shape index (κ1) is 31.9. The van der Waals surface area contributed by atoms with E-state index in [9.17, 15) is 24.3 Å². The lowest BCUT2D eigenvalue weighted by Crippen LogP contribution is -2.51. The third-order valence-electron chi connectivity index (χ3n) is 9.14. The van der Waals surface area contributed by atoms with Crippen LogP contribution >= 0.6 is 0 Å². The Morgan fingerprint density at radius 3 is 2.24 bits per heavy atom. The maximum atomic E-state index is 13.0. The molecule has 0 aliphatic carbocycles. The Labute approximate surface area is 264 Å². The number of Topliss-reactive ketones (excluding diaryl/α,β-unsaturated/α-hetero) is 1. The van der Waals surface area contributed by atoms with Crippen molar-refractivity contribution < 1.29 is 24.3 Å². The molecule has 0 bridgehead atoms. The fourth-order valence-electron chi connectivity index (χ4n) is 6.71. The lowest BCUT2D eigenvalue weighted by molar-refractivity contribution is -0.130. The van der Waals surface area contributed by atoms with Gasteiger partial charge >= 0.3 is 6.09 Å². The van der Waals surface area contributed by atoms with Gasteiger partial charge in [-0.25, -0.2) is 4.79 Å². The number of benzene rings is 3. The Morgan fingerprint density at radius 1 is 0.867 bits per heavy atom. The number of amides is 3. The summed E-state index contributed by atoms with van der Waals surface area (Å²) in [6.45, 7) is 6.41. The summed E-state index contributed by atoms with van der Waals surface area (Å²) in [5.74, 6) is 0.154. The van der Waals surface area contributed by atoms with Gasteiger partial charge < -0.3 is 25.1 Å². The average Bonchev–Trinajstić information content (AvgIpc) is 3.62. The fraction of sp³-hybridized carbons (Fsp3) is 0.389. The number of carboxylic acid groups (broad SMARTS) is 1. The maximum Gasteiger partial charge on any atom is 0.407 e. The van der Waals surface area contributed by atoms with Gasteiger partial charge in [0, 0.05) is 51.1 Å². The van der Waals surface area contributed by atoms with Crippen molar-refractivity contribution in [1.29, 1.82) is 0 Å². The molecule has 3 aliphatic rings. The minimum Gasteiger partial charge on any atom is -0.465 e. The summed E-state index contributed by atoms with van der Waals surface area (Å²) >= 11 is 0. The quantitative estimate of drug-likeness (QED) is 0.348. The van der Waals surface area contributed by atoms with Gasteiger partial charge in [0.1, 0.15) is 0 Å². The van der Waals surface area contributed by atoms with E-state index in [-0.39, 0.29) is 31.3 Å². The van der Waals surface area contributed by atoms with Crippen LogP contribution in [-0.2, 0) is 16.1 Å². The zero-order chi connectivity index (χ0) is 31.9. The van der Waals surface area contributed by atoms with Crippen LogP contribution in [0.25, 0.3) is 0 Å². The molecular weight excluding hydrogens is 568 g/mol. The molecule has 3 saturated heterocycles. The van der Waals surface area contributed by atoms with Crippen molar-refractivity contribution in [2.24, 2.45) is 0 Å². The van der Waals surface area contributed by atoms with Gasteiger partial charge in [-0.15, -0.1) is 0 Å². The molecule has 3 fully saturated rings. The molecule has 45 heavy (non-hydrogen) atoms.